The van der Waals surface area contributed by atoms with E-state index in [1.54, 1.807) is 0 Å². The molecule has 0 aliphatic heterocycles. The molecular weight excluding hydrogens is 264 g/mol. The molecule has 4 nitrogen and oxygen atoms in total. The number of benzene rings is 1. The maximum Gasteiger partial charge on any atom is 0.142 e. The molecule has 0 saturated carbocycles. The van der Waals surface area contributed by atoms with Gasteiger partial charge in [0.15, 0.2) is 0 Å². The highest BCUT2D eigenvalue weighted by Crippen LogP contribution is 2.29. The summed E-state index contributed by atoms with van der Waals surface area (Å²) < 4.78 is 13.4. The lowest BCUT2D eigenvalue weighted by atomic mass is 10.2. The molecule has 0 saturated heterocycles. The predicted molar refractivity (Wildman–Crippen MR) is 86.2 cm³/mol. The van der Waals surface area contributed by atoms with Crippen LogP contribution in [0, 0.1) is 0 Å². The molecule has 0 aliphatic carbocycles. The summed E-state index contributed by atoms with van der Waals surface area (Å²) >= 11 is 0. The van der Waals surface area contributed by atoms with Crippen molar-refractivity contribution in [2.45, 2.75) is 33.9 Å². The lowest BCUT2D eigenvalue weighted by molar-refractivity contribution is 0.332. The van der Waals surface area contributed by atoms with Crippen LogP contribution in [0.15, 0.2) is 36.7 Å². The molecule has 4 heteroatoms. The van der Waals surface area contributed by atoms with Gasteiger partial charge in [-0.25, -0.2) is 0 Å². The minimum atomic E-state index is 0.648. The van der Waals surface area contributed by atoms with Crippen LogP contribution in [0.2, 0.25) is 0 Å². The lowest BCUT2D eigenvalue weighted by Crippen LogP contribution is -2.03. The zero-order chi connectivity index (χ0) is 15.1. The fourth-order valence-electron chi connectivity index (χ4n) is 2.17. The van der Waals surface area contributed by atoms with Crippen LogP contribution in [0.5, 0.6) is 11.5 Å². The Hall–Kier alpha value is -2.10. The van der Waals surface area contributed by atoms with E-state index in [2.05, 4.69) is 35.3 Å². The van der Waals surface area contributed by atoms with Crippen LogP contribution in [0.1, 0.15) is 26.3 Å². The molecule has 0 unspecified atom stereocenters. The smallest absolute Gasteiger partial charge is 0.142 e. The summed E-state index contributed by atoms with van der Waals surface area (Å²) in [7, 11) is 0. The number of anilines is 1. The molecule has 0 atom stereocenters. The van der Waals surface area contributed by atoms with E-state index in [-0.39, 0.29) is 0 Å². The molecule has 2 rings (SSSR count). The first kappa shape index (κ1) is 15.3. The van der Waals surface area contributed by atoms with Crippen molar-refractivity contribution in [3.63, 3.8) is 0 Å². The van der Waals surface area contributed by atoms with Crippen molar-refractivity contribution >= 4 is 5.69 Å². The second-order valence-corrected chi connectivity index (χ2v) is 4.73. The van der Waals surface area contributed by atoms with Crippen LogP contribution in [0.4, 0.5) is 5.69 Å². The van der Waals surface area contributed by atoms with E-state index in [0.717, 1.165) is 30.3 Å². The van der Waals surface area contributed by atoms with Gasteiger partial charge in [0.05, 0.1) is 18.9 Å². The number of ether oxygens (including phenoxy) is 2. The highest BCUT2D eigenvalue weighted by atomic mass is 16.5. The zero-order valence-corrected chi connectivity index (χ0v) is 13.1. The van der Waals surface area contributed by atoms with Crippen molar-refractivity contribution in [1.29, 1.82) is 0 Å². The molecule has 0 amide bonds. The predicted octanol–water partition coefficient (Wildman–Crippen LogP) is 3.92. The summed E-state index contributed by atoms with van der Waals surface area (Å²) in [6, 6.07) is 8.01. The molecule has 1 N–H and O–H groups in total. The molecular formula is C17H24N2O2. The number of hydrogen-bond acceptors (Lipinski definition) is 3. The summed E-state index contributed by atoms with van der Waals surface area (Å²) in [4.78, 5) is 0. The van der Waals surface area contributed by atoms with E-state index in [1.807, 2.05) is 32.0 Å². The third-order valence-corrected chi connectivity index (χ3v) is 3.22. The first-order valence-corrected chi connectivity index (χ1v) is 7.55. The molecule has 0 radical (unpaired) electrons. The minimum absolute atomic E-state index is 0.648. The number of rotatable bonds is 8. The molecule has 0 fully saturated rings. The molecule has 1 aromatic heterocycles. The van der Waals surface area contributed by atoms with E-state index in [1.165, 1.54) is 5.56 Å². The third kappa shape index (κ3) is 4.18. The van der Waals surface area contributed by atoms with Gasteiger partial charge in [0.1, 0.15) is 11.5 Å². The van der Waals surface area contributed by atoms with Crippen molar-refractivity contribution in [3.05, 3.63) is 42.2 Å². The minimum Gasteiger partial charge on any atom is -0.494 e. The maximum atomic E-state index is 5.66. The van der Waals surface area contributed by atoms with Crippen LogP contribution < -0.4 is 14.8 Å². The summed E-state index contributed by atoms with van der Waals surface area (Å²) in [5.74, 6) is 1.71. The second kappa shape index (κ2) is 7.62. The monoisotopic (exact) mass is 288 g/mol. The number of nitrogens with one attached hydrogen (secondary N) is 1. The summed E-state index contributed by atoms with van der Waals surface area (Å²) in [5.41, 5.74) is 2.22. The molecule has 0 bridgehead atoms. The van der Waals surface area contributed by atoms with E-state index in [0.29, 0.717) is 13.2 Å². The normalized spacial score (nSPS) is 10.4. The Morgan fingerprint density at radius 3 is 2.52 bits per heavy atom. The van der Waals surface area contributed by atoms with Crippen molar-refractivity contribution < 1.29 is 9.47 Å². The van der Waals surface area contributed by atoms with Gasteiger partial charge in [-0.1, -0.05) is 0 Å². The zero-order valence-electron chi connectivity index (χ0n) is 13.1. The van der Waals surface area contributed by atoms with Crippen molar-refractivity contribution in [2.24, 2.45) is 0 Å². The van der Waals surface area contributed by atoms with E-state index < -0.39 is 0 Å². The first-order chi connectivity index (χ1) is 10.3. The van der Waals surface area contributed by atoms with Gasteiger partial charge in [-0.05, 0) is 44.5 Å². The molecule has 1 heterocycles. The van der Waals surface area contributed by atoms with E-state index in [4.69, 9.17) is 9.47 Å². The van der Waals surface area contributed by atoms with Gasteiger partial charge in [-0.3, -0.25) is 0 Å². The Balaban J connectivity index is 2.09. The Morgan fingerprint density at radius 1 is 1.05 bits per heavy atom. The summed E-state index contributed by atoms with van der Waals surface area (Å²) in [6.07, 6.45) is 4.25. The van der Waals surface area contributed by atoms with Crippen molar-refractivity contribution in [1.82, 2.24) is 4.57 Å². The Bertz CT molecular complexity index is 564. The van der Waals surface area contributed by atoms with Crippen molar-refractivity contribution in [3.8, 4) is 11.5 Å². The van der Waals surface area contributed by atoms with Gasteiger partial charge in [0.2, 0.25) is 0 Å². The molecule has 1 aromatic carbocycles. The molecule has 21 heavy (non-hydrogen) atoms. The quantitative estimate of drug-likeness (QED) is 0.799. The number of nitrogens with zero attached hydrogens (tertiary/aromatic N) is 1. The third-order valence-electron chi connectivity index (χ3n) is 3.22. The van der Waals surface area contributed by atoms with Gasteiger partial charge in [-0.2, -0.15) is 0 Å². The Morgan fingerprint density at radius 2 is 1.86 bits per heavy atom. The van der Waals surface area contributed by atoms with Crippen LogP contribution in [0.3, 0.4) is 0 Å². The number of aromatic nitrogens is 1. The standard InChI is InChI=1S/C17H24N2O2/c1-4-19-10-9-14(13-19)12-18-16-11-15(20-5-2)7-8-17(16)21-6-3/h7-11,13,18H,4-6,12H2,1-3H3. The van der Waals surface area contributed by atoms with Gasteiger partial charge in [0, 0.05) is 31.5 Å². The number of hydrogen-bond donors (Lipinski definition) is 1. The largest absolute Gasteiger partial charge is 0.494 e. The van der Waals surface area contributed by atoms with E-state index in [9.17, 15) is 0 Å². The van der Waals surface area contributed by atoms with E-state index >= 15 is 0 Å². The van der Waals surface area contributed by atoms with Gasteiger partial charge in [-0.15, -0.1) is 0 Å². The number of aryl methyl sites for hydroxylation is 1. The lowest BCUT2D eigenvalue weighted by Gasteiger charge is -2.14. The highest BCUT2D eigenvalue weighted by Gasteiger charge is 2.06. The van der Waals surface area contributed by atoms with Crippen LogP contribution in [-0.4, -0.2) is 17.8 Å². The van der Waals surface area contributed by atoms with Gasteiger partial charge < -0.3 is 19.4 Å². The fourth-order valence-corrected chi connectivity index (χ4v) is 2.17. The highest BCUT2D eigenvalue weighted by molar-refractivity contribution is 5.60. The molecule has 114 valence electrons. The average Bonchev–Trinajstić information content (AvgIpc) is 2.96. The van der Waals surface area contributed by atoms with Crippen LogP contribution in [-0.2, 0) is 13.1 Å². The SMILES string of the molecule is CCOc1ccc(OCC)c(NCc2ccn(CC)c2)c1. The maximum absolute atomic E-state index is 5.66. The fraction of sp³-hybridized carbons (Fsp3) is 0.412. The van der Waals surface area contributed by atoms with Gasteiger partial charge >= 0.3 is 0 Å². The van der Waals surface area contributed by atoms with Crippen molar-refractivity contribution in [2.75, 3.05) is 18.5 Å². The Kier molecular flexibility index (Phi) is 5.55. The molecule has 0 aliphatic rings. The second-order valence-electron chi connectivity index (χ2n) is 4.73. The molecule has 2 aromatic rings. The van der Waals surface area contributed by atoms with Gasteiger partial charge in [0.25, 0.3) is 0 Å². The van der Waals surface area contributed by atoms with Crippen LogP contribution in [0.25, 0.3) is 0 Å². The topological polar surface area (TPSA) is 35.4 Å². The molecule has 0 spiro atoms. The Labute approximate surface area is 126 Å². The summed E-state index contributed by atoms with van der Waals surface area (Å²) in [5, 5.41) is 3.43. The summed E-state index contributed by atoms with van der Waals surface area (Å²) in [6.45, 7) is 9.17. The average molecular weight is 288 g/mol. The first-order valence-electron chi connectivity index (χ1n) is 7.55. The van der Waals surface area contributed by atoms with Crippen LogP contribution >= 0.6 is 0 Å².